The summed E-state index contributed by atoms with van der Waals surface area (Å²) >= 11 is 0. The first-order chi connectivity index (χ1) is 13.3. The lowest BCUT2D eigenvalue weighted by atomic mass is 9.73. The van der Waals surface area contributed by atoms with Crippen LogP contribution in [0.5, 0.6) is 0 Å². The highest BCUT2D eigenvalue weighted by molar-refractivity contribution is 5.24. The van der Waals surface area contributed by atoms with E-state index in [2.05, 4.69) is 44.2 Å². The molecule has 150 valence electrons. The average molecular weight is 368 g/mol. The zero-order valence-corrected chi connectivity index (χ0v) is 17.9. The second-order valence-electron chi connectivity index (χ2n) is 8.84. The number of aryl methyl sites for hydroxylation is 1. The van der Waals surface area contributed by atoms with Gasteiger partial charge in [0.25, 0.3) is 0 Å². The molecule has 1 aromatic carbocycles. The van der Waals surface area contributed by atoms with Crippen molar-refractivity contribution in [1.29, 1.82) is 5.26 Å². The fraction of sp³-hybridized carbons (Fsp3) is 0.731. The van der Waals surface area contributed by atoms with Crippen LogP contribution in [-0.2, 0) is 12.8 Å². The van der Waals surface area contributed by atoms with Crippen LogP contribution in [0.2, 0.25) is 0 Å². The highest BCUT2D eigenvalue weighted by Crippen LogP contribution is 2.36. The fourth-order valence-electron chi connectivity index (χ4n) is 4.73. The third-order valence-corrected chi connectivity index (χ3v) is 6.64. The van der Waals surface area contributed by atoms with Gasteiger partial charge in [-0.1, -0.05) is 95.9 Å². The number of rotatable bonds is 12. The minimum atomic E-state index is 0.206. The van der Waals surface area contributed by atoms with Crippen molar-refractivity contribution in [2.75, 3.05) is 0 Å². The fourth-order valence-corrected chi connectivity index (χ4v) is 4.73. The summed E-state index contributed by atoms with van der Waals surface area (Å²) in [5.74, 6) is 1.75. The monoisotopic (exact) mass is 367 g/mol. The third-order valence-electron chi connectivity index (χ3n) is 6.64. The first-order valence-corrected chi connectivity index (χ1v) is 11.7. The first-order valence-electron chi connectivity index (χ1n) is 11.7. The molecule has 2 rings (SSSR count). The molecule has 1 nitrogen and oxygen atoms in total. The van der Waals surface area contributed by atoms with Crippen LogP contribution in [0.15, 0.2) is 24.3 Å². The van der Waals surface area contributed by atoms with Crippen LogP contribution < -0.4 is 0 Å². The van der Waals surface area contributed by atoms with Crippen molar-refractivity contribution in [3.63, 3.8) is 0 Å². The van der Waals surface area contributed by atoms with E-state index < -0.39 is 0 Å². The van der Waals surface area contributed by atoms with E-state index in [0.717, 1.165) is 12.3 Å². The van der Waals surface area contributed by atoms with Crippen molar-refractivity contribution >= 4 is 0 Å². The van der Waals surface area contributed by atoms with Crippen molar-refractivity contribution < 1.29 is 0 Å². The molecular formula is C26H41N. The summed E-state index contributed by atoms with van der Waals surface area (Å²) in [6.45, 7) is 4.55. The zero-order chi connectivity index (χ0) is 19.3. The standard InChI is InChI=1S/C26H41N/c1-3-5-7-9-11-22-12-14-24(15-13-22)20-26(21-27)25-18-16-23(17-19-25)10-8-6-4-2/h12-15,23,25-26H,3-11,16-20H2,1-2H3/t23-,25-,26?. The number of benzene rings is 1. The molecule has 1 atom stereocenters. The van der Waals surface area contributed by atoms with Gasteiger partial charge in [0.15, 0.2) is 0 Å². The maximum absolute atomic E-state index is 9.75. The Morgan fingerprint density at radius 3 is 2.11 bits per heavy atom. The number of hydrogen-bond donors (Lipinski definition) is 0. The highest BCUT2D eigenvalue weighted by Gasteiger charge is 2.27. The van der Waals surface area contributed by atoms with Crippen LogP contribution in [-0.4, -0.2) is 0 Å². The van der Waals surface area contributed by atoms with Gasteiger partial charge in [0, 0.05) is 0 Å². The smallest absolute Gasteiger partial charge is 0.0662 e. The van der Waals surface area contributed by atoms with Gasteiger partial charge in [-0.05, 0) is 55.1 Å². The van der Waals surface area contributed by atoms with E-state index in [1.807, 2.05) is 0 Å². The number of nitriles is 1. The lowest BCUT2D eigenvalue weighted by molar-refractivity contribution is 0.221. The molecule has 1 aromatic rings. The summed E-state index contributed by atoms with van der Waals surface area (Å²) in [6.07, 6.45) is 18.2. The second kappa shape index (κ2) is 13.0. The molecule has 0 bridgehead atoms. The molecule has 1 saturated carbocycles. The van der Waals surface area contributed by atoms with Gasteiger partial charge in [0.05, 0.1) is 12.0 Å². The third kappa shape index (κ3) is 8.08. The lowest BCUT2D eigenvalue weighted by Gasteiger charge is -2.31. The van der Waals surface area contributed by atoms with Crippen LogP contribution in [0.25, 0.3) is 0 Å². The molecule has 0 aliphatic heterocycles. The van der Waals surface area contributed by atoms with Crippen LogP contribution in [0, 0.1) is 29.1 Å². The van der Waals surface area contributed by atoms with E-state index >= 15 is 0 Å². The summed E-state index contributed by atoms with van der Waals surface area (Å²) < 4.78 is 0. The highest BCUT2D eigenvalue weighted by atomic mass is 14.4. The molecule has 27 heavy (non-hydrogen) atoms. The van der Waals surface area contributed by atoms with Crippen LogP contribution in [0.4, 0.5) is 0 Å². The molecule has 0 saturated heterocycles. The Hall–Kier alpha value is -1.29. The van der Waals surface area contributed by atoms with E-state index in [0.29, 0.717) is 5.92 Å². The molecule has 1 unspecified atom stereocenters. The molecule has 0 N–H and O–H groups in total. The number of hydrogen-bond acceptors (Lipinski definition) is 1. The largest absolute Gasteiger partial charge is 0.198 e. The van der Waals surface area contributed by atoms with Crippen molar-refractivity contribution in [2.45, 2.75) is 104 Å². The van der Waals surface area contributed by atoms with Crippen molar-refractivity contribution in [3.8, 4) is 6.07 Å². The van der Waals surface area contributed by atoms with E-state index in [-0.39, 0.29) is 5.92 Å². The van der Waals surface area contributed by atoms with E-state index in [9.17, 15) is 5.26 Å². The number of nitrogens with zero attached hydrogens (tertiary/aromatic N) is 1. The minimum absolute atomic E-state index is 0.206. The molecule has 0 spiro atoms. The molecule has 1 aliphatic carbocycles. The molecule has 1 fully saturated rings. The normalized spacial score (nSPS) is 20.9. The predicted octanol–water partition coefficient (Wildman–Crippen LogP) is 7.88. The minimum Gasteiger partial charge on any atom is -0.198 e. The van der Waals surface area contributed by atoms with Gasteiger partial charge in [-0.2, -0.15) is 5.26 Å². The Morgan fingerprint density at radius 1 is 0.852 bits per heavy atom. The van der Waals surface area contributed by atoms with Gasteiger partial charge >= 0.3 is 0 Å². The Labute approximate surface area is 168 Å². The Bertz CT molecular complexity index is 530. The summed E-state index contributed by atoms with van der Waals surface area (Å²) in [6, 6.07) is 11.8. The molecule has 0 aromatic heterocycles. The summed E-state index contributed by atoms with van der Waals surface area (Å²) in [7, 11) is 0. The van der Waals surface area contributed by atoms with Crippen LogP contribution in [0.1, 0.15) is 102 Å². The van der Waals surface area contributed by atoms with Gasteiger partial charge < -0.3 is 0 Å². The van der Waals surface area contributed by atoms with Crippen molar-refractivity contribution in [2.24, 2.45) is 17.8 Å². The van der Waals surface area contributed by atoms with Gasteiger partial charge in [-0.15, -0.1) is 0 Å². The van der Waals surface area contributed by atoms with Gasteiger partial charge in [-0.3, -0.25) is 0 Å². The molecule has 1 aliphatic rings. The van der Waals surface area contributed by atoms with Crippen LogP contribution in [0.3, 0.4) is 0 Å². The molecular weight excluding hydrogens is 326 g/mol. The summed E-state index contributed by atoms with van der Waals surface area (Å²) in [4.78, 5) is 0. The Balaban J connectivity index is 1.75. The quantitative estimate of drug-likeness (QED) is 0.345. The van der Waals surface area contributed by atoms with E-state index in [1.54, 1.807) is 0 Å². The Morgan fingerprint density at radius 2 is 1.48 bits per heavy atom. The topological polar surface area (TPSA) is 23.8 Å². The molecule has 0 radical (unpaired) electrons. The van der Waals surface area contributed by atoms with Gasteiger partial charge in [0.2, 0.25) is 0 Å². The summed E-state index contributed by atoms with van der Waals surface area (Å²) in [5.41, 5.74) is 2.81. The lowest BCUT2D eigenvalue weighted by Crippen LogP contribution is -2.22. The molecule has 0 heterocycles. The van der Waals surface area contributed by atoms with E-state index in [4.69, 9.17) is 0 Å². The van der Waals surface area contributed by atoms with Crippen LogP contribution >= 0.6 is 0 Å². The van der Waals surface area contributed by atoms with Crippen molar-refractivity contribution in [1.82, 2.24) is 0 Å². The molecule has 1 heteroatoms. The van der Waals surface area contributed by atoms with Crippen molar-refractivity contribution in [3.05, 3.63) is 35.4 Å². The van der Waals surface area contributed by atoms with E-state index in [1.165, 1.54) is 94.6 Å². The maximum atomic E-state index is 9.75. The average Bonchev–Trinajstić information content (AvgIpc) is 2.71. The maximum Gasteiger partial charge on any atom is 0.0662 e. The van der Waals surface area contributed by atoms with Gasteiger partial charge in [0.1, 0.15) is 0 Å². The first kappa shape index (κ1) is 22.0. The second-order valence-corrected chi connectivity index (χ2v) is 8.84. The predicted molar refractivity (Wildman–Crippen MR) is 117 cm³/mol. The molecule has 0 amide bonds. The zero-order valence-electron chi connectivity index (χ0n) is 17.9. The summed E-state index contributed by atoms with van der Waals surface area (Å²) in [5, 5.41) is 9.75. The SMILES string of the molecule is CCCCCCc1ccc(CC(C#N)[C@H]2CC[C@H](CCCCC)CC2)cc1. The number of unbranched alkanes of at least 4 members (excludes halogenated alkanes) is 5. The van der Waals surface area contributed by atoms with Gasteiger partial charge in [-0.25, -0.2) is 0 Å². The Kier molecular flexibility index (Phi) is 10.6.